The molecule has 0 aromatic carbocycles. The highest BCUT2D eigenvalue weighted by Crippen LogP contribution is 1.95. The highest BCUT2D eigenvalue weighted by molar-refractivity contribution is 5.16. The van der Waals surface area contributed by atoms with E-state index in [1.54, 1.807) is 15.4 Å². The number of aromatic nitrogens is 5. The van der Waals surface area contributed by atoms with Gasteiger partial charge in [0.2, 0.25) is 0 Å². The molecule has 0 amide bonds. The van der Waals surface area contributed by atoms with Gasteiger partial charge in [-0.2, -0.15) is 0 Å². The van der Waals surface area contributed by atoms with Crippen molar-refractivity contribution in [2.24, 2.45) is 0 Å². The first kappa shape index (κ1) is 8.80. The second-order valence-electron chi connectivity index (χ2n) is 3.18. The molecule has 2 aromatic heterocycles. The van der Waals surface area contributed by atoms with Crippen LogP contribution in [0.1, 0.15) is 11.4 Å². The first-order chi connectivity index (χ1) is 6.70. The summed E-state index contributed by atoms with van der Waals surface area (Å²) >= 11 is 0. The van der Waals surface area contributed by atoms with Crippen LogP contribution in [0.15, 0.2) is 18.7 Å². The monoisotopic (exact) mass is 190 g/mol. The Hall–Kier alpha value is -1.78. The second-order valence-corrected chi connectivity index (χ2v) is 3.18. The Morgan fingerprint density at radius 3 is 3.07 bits per heavy atom. The molecule has 14 heavy (non-hydrogen) atoms. The van der Waals surface area contributed by atoms with Crippen LogP contribution in [-0.4, -0.2) is 20.1 Å². The summed E-state index contributed by atoms with van der Waals surface area (Å²) in [5.74, 6) is 0.629. The summed E-state index contributed by atoms with van der Waals surface area (Å²) in [4.78, 5) is 5.84. The Kier molecular flexibility index (Phi) is 1.99. The molecule has 0 saturated heterocycles. The highest BCUT2D eigenvalue weighted by atomic mass is 15.6. The normalized spacial score (nSPS) is 10.7. The lowest BCUT2D eigenvalue weighted by Gasteiger charge is -1.89. The minimum absolute atomic E-state index is 0.599. The standard InChI is InChI=1S/C9H12N5/c1-4-5-13-11-9-10-7(2)6-8(3)14(9)12-13/h4,6H,1,5H2,2-3H3/q+1. The van der Waals surface area contributed by atoms with Crippen molar-refractivity contribution < 1.29 is 4.52 Å². The Morgan fingerprint density at radius 2 is 2.36 bits per heavy atom. The van der Waals surface area contributed by atoms with Gasteiger partial charge in [-0.25, -0.2) is 0 Å². The summed E-state index contributed by atoms with van der Waals surface area (Å²) < 4.78 is 1.72. The topological polar surface area (TPSA) is 47.7 Å². The van der Waals surface area contributed by atoms with Crippen LogP contribution < -0.4 is 4.52 Å². The van der Waals surface area contributed by atoms with E-state index in [0.717, 1.165) is 11.4 Å². The molecule has 72 valence electrons. The first-order valence-electron chi connectivity index (χ1n) is 4.43. The molecule has 0 aliphatic rings. The Labute approximate surface area is 81.7 Å². The highest BCUT2D eigenvalue weighted by Gasteiger charge is 2.13. The molecule has 0 spiro atoms. The number of rotatable bonds is 2. The smallest absolute Gasteiger partial charge is 0.105 e. The van der Waals surface area contributed by atoms with Crippen molar-refractivity contribution in [1.29, 1.82) is 0 Å². The van der Waals surface area contributed by atoms with Crippen LogP contribution >= 0.6 is 0 Å². The molecular formula is C9H12N5+. The van der Waals surface area contributed by atoms with Gasteiger partial charge in [0.25, 0.3) is 0 Å². The minimum atomic E-state index is 0.599. The SMILES string of the molecule is C=CCn1nc2nc(C)cc(C)[n+]2n1. The van der Waals surface area contributed by atoms with E-state index in [4.69, 9.17) is 0 Å². The van der Waals surface area contributed by atoms with Crippen LogP contribution in [0.3, 0.4) is 0 Å². The third-order valence-electron chi connectivity index (χ3n) is 1.91. The average Bonchev–Trinajstić information content (AvgIpc) is 2.48. The van der Waals surface area contributed by atoms with E-state index >= 15 is 0 Å². The molecule has 0 unspecified atom stereocenters. The van der Waals surface area contributed by atoms with E-state index in [0.29, 0.717) is 12.3 Å². The number of allylic oxidation sites excluding steroid dienone is 1. The lowest BCUT2D eigenvalue weighted by molar-refractivity contribution is -0.593. The zero-order chi connectivity index (χ0) is 10.1. The number of fused-ring (bicyclic) bond motifs is 1. The van der Waals surface area contributed by atoms with Crippen molar-refractivity contribution in [3.8, 4) is 0 Å². The predicted molar refractivity (Wildman–Crippen MR) is 50.6 cm³/mol. The lowest BCUT2D eigenvalue weighted by Crippen LogP contribution is -2.29. The van der Waals surface area contributed by atoms with Gasteiger partial charge in [-0.15, -0.1) is 11.6 Å². The van der Waals surface area contributed by atoms with E-state index in [1.165, 1.54) is 0 Å². The predicted octanol–water partition coefficient (Wildman–Crippen LogP) is 0.215. The number of tetrazole rings is 1. The van der Waals surface area contributed by atoms with Crippen LogP contribution in [0.25, 0.3) is 5.78 Å². The van der Waals surface area contributed by atoms with Crippen molar-refractivity contribution in [3.63, 3.8) is 0 Å². The van der Waals surface area contributed by atoms with Gasteiger partial charge < -0.3 is 0 Å². The van der Waals surface area contributed by atoms with Gasteiger partial charge in [0.05, 0.1) is 10.8 Å². The molecule has 0 aliphatic heterocycles. The summed E-state index contributed by atoms with van der Waals surface area (Å²) in [6.45, 7) is 8.16. The maximum absolute atomic E-state index is 4.27. The van der Waals surface area contributed by atoms with Crippen LogP contribution in [0, 0.1) is 13.8 Å². The molecule has 0 radical (unpaired) electrons. The van der Waals surface area contributed by atoms with Crippen LogP contribution in [0.4, 0.5) is 0 Å². The van der Waals surface area contributed by atoms with Gasteiger partial charge in [0.15, 0.2) is 0 Å². The molecule has 2 rings (SSSR count). The number of aryl methyl sites for hydroxylation is 2. The Morgan fingerprint density at radius 1 is 1.57 bits per heavy atom. The van der Waals surface area contributed by atoms with E-state index in [1.807, 2.05) is 19.9 Å². The lowest BCUT2D eigenvalue weighted by atomic mass is 10.4. The summed E-state index contributed by atoms with van der Waals surface area (Å²) in [5, 5.41) is 8.44. The molecule has 0 atom stereocenters. The van der Waals surface area contributed by atoms with Crippen LogP contribution in [0.5, 0.6) is 0 Å². The Balaban J connectivity index is 2.64. The summed E-state index contributed by atoms with van der Waals surface area (Å²) in [5.41, 5.74) is 1.98. The van der Waals surface area contributed by atoms with Gasteiger partial charge in [-0.05, 0) is 18.6 Å². The molecule has 0 aliphatic carbocycles. The van der Waals surface area contributed by atoms with Crippen LogP contribution in [0.2, 0.25) is 0 Å². The van der Waals surface area contributed by atoms with Gasteiger partial charge in [0, 0.05) is 11.3 Å². The number of hydrogen-bond donors (Lipinski definition) is 0. The van der Waals surface area contributed by atoms with Crippen LogP contribution in [-0.2, 0) is 6.54 Å². The largest absolute Gasteiger partial charge is 0.439 e. The zero-order valence-corrected chi connectivity index (χ0v) is 8.30. The molecule has 0 N–H and O–H groups in total. The van der Waals surface area contributed by atoms with E-state index < -0.39 is 0 Å². The molecule has 0 fully saturated rings. The Bertz CT molecular complexity index is 485. The van der Waals surface area contributed by atoms with Gasteiger partial charge >= 0.3 is 5.78 Å². The fourth-order valence-electron chi connectivity index (χ4n) is 1.35. The van der Waals surface area contributed by atoms with Crippen molar-refractivity contribution in [3.05, 3.63) is 30.1 Å². The molecule has 2 aromatic rings. The maximum atomic E-state index is 4.27. The first-order valence-corrected chi connectivity index (χ1v) is 4.43. The van der Waals surface area contributed by atoms with Crippen molar-refractivity contribution in [2.75, 3.05) is 0 Å². The maximum Gasteiger partial charge on any atom is 0.439 e. The second kappa shape index (κ2) is 3.17. The third-order valence-corrected chi connectivity index (χ3v) is 1.91. The third kappa shape index (κ3) is 1.37. The van der Waals surface area contributed by atoms with Gasteiger partial charge in [-0.1, -0.05) is 10.6 Å². The van der Waals surface area contributed by atoms with E-state index in [-0.39, 0.29) is 0 Å². The molecule has 0 saturated carbocycles. The van der Waals surface area contributed by atoms with Crippen molar-refractivity contribution in [1.82, 2.24) is 20.1 Å². The summed E-state index contributed by atoms with van der Waals surface area (Å²) in [6.07, 6.45) is 1.75. The molecule has 0 bridgehead atoms. The zero-order valence-electron chi connectivity index (χ0n) is 8.30. The van der Waals surface area contributed by atoms with E-state index in [9.17, 15) is 0 Å². The summed E-state index contributed by atoms with van der Waals surface area (Å²) in [7, 11) is 0. The van der Waals surface area contributed by atoms with Gasteiger partial charge in [-0.3, -0.25) is 0 Å². The summed E-state index contributed by atoms with van der Waals surface area (Å²) in [6, 6.07) is 1.97. The average molecular weight is 190 g/mol. The molecule has 5 nitrogen and oxygen atoms in total. The number of hydrogen-bond acceptors (Lipinski definition) is 3. The van der Waals surface area contributed by atoms with Gasteiger partial charge in [0.1, 0.15) is 12.2 Å². The quantitative estimate of drug-likeness (QED) is 0.502. The van der Waals surface area contributed by atoms with E-state index in [2.05, 4.69) is 21.9 Å². The fourth-order valence-corrected chi connectivity index (χ4v) is 1.35. The number of nitrogens with zero attached hydrogens (tertiary/aromatic N) is 5. The molecule has 2 heterocycles. The molecular weight excluding hydrogens is 178 g/mol. The fraction of sp³-hybridized carbons (Fsp3) is 0.333. The molecule has 5 heteroatoms. The van der Waals surface area contributed by atoms with Crippen molar-refractivity contribution in [2.45, 2.75) is 20.4 Å². The minimum Gasteiger partial charge on any atom is -0.105 e. The van der Waals surface area contributed by atoms with Crippen molar-refractivity contribution >= 4 is 5.78 Å².